The van der Waals surface area contributed by atoms with Crippen molar-refractivity contribution in [1.82, 2.24) is 15.6 Å². The van der Waals surface area contributed by atoms with E-state index in [4.69, 9.17) is 10.6 Å². The van der Waals surface area contributed by atoms with Gasteiger partial charge >= 0.3 is 6.03 Å². The first-order valence-corrected chi connectivity index (χ1v) is 8.57. The van der Waals surface area contributed by atoms with Gasteiger partial charge in [-0.15, -0.1) is 0 Å². The fourth-order valence-electron chi connectivity index (χ4n) is 2.90. The van der Waals surface area contributed by atoms with Gasteiger partial charge in [-0.3, -0.25) is 10.2 Å². The lowest BCUT2D eigenvalue weighted by Gasteiger charge is -2.33. The predicted molar refractivity (Wildman–Crippen MR) is 97.0 cm³/mol. The molecule has 0 radical (unpaired) electrons. The minimum atomic E-state index is -0.486. The van der Waals surface area contributed by atoms with Gasteiger partial charge in [-0.2, -0.15) is 0 Å². The Morgan fingerprint density at radius 3 is 2.63 bits per heavy atom. The van der Waals surface area contributed by atoms with Crippen LogP contribution in [0, 0.1) is 5.82 Å². The molecule has 3 amide bonds. The fourth-order valence-corrected chi connectivity index (χ4v) is 2.90. The number of benzene rings is 2. The Balaban J connectivity index is 1.56. The molecule has 1 fully saturated rings. The summed E-state index contributed by atoms with van der Waals surface area (Å²) in [6.45, 7) is 1.37. The number of hydrogen-bond donors (Lipinski definition) is 3. The standard InChI is InChI=1S/C19H21FN4O3/c20-16-4-2-1-3-15(16)17-12-24(9-10-27-17)19(26)22-11-13-5-7-14(8-6-13)18(25)23-21/h1-8,17H,9-12,21H2,(H,22,26)(H,23,25). The Hall–Kier alpha value is -2.97. The van der Waals surface area contributed by atoms with Crippen molar-refractivity contribution in [3.8, 4) is 0 Å². The molecule has 7 nitrogen and oxygen atoms in total. The van der Waals surface area contributed by atoms with Crippen LogP contribution in [0.1, 0.15) is 27.6 Å². The van der Waals surface area contributed by atoms with E-state index in [-0.39, 0.29) is 24.3 Å². The van der Waals surface area contributed by atoms with Crippen LogP contribution in [0.5, 0.6) is 0 Å². The van der Waals surface area contributed by atoms with Crippen molar-refractivity contribution in [1.29, 1.82) is 0 Å². The van der Waals surface area contributed by atoms with Crippen LogP contribution in [0.25, 0.3) is 0 Å². The van der Waals surface area contributed by atoms with Crippen molar-refractivity contribution in [2.75, 3.05) is 19.7 Å². The van der Waals surface area contributed by atoms with Crippen molar-refractivity contribution in [3.63, 3.8) is 0 Å². The van der Waals surface area contributed by atoms with E-state index < -0.39 is 6.10 Å². The SMILES string of the molecule is NNC(=O)c1ccc(CNC(=O)N2CCOC(c3ccccc3F)C2)cc1. The summed E-state index contributed by atoms with van der Waals surface area (Å²) in [5.74, 6) is 4.37. The highest BCUT2D eigenvalue weighted by atomic mass is 19.1. The largest absolute Gasteiger partial charge is 0.370 e. The molecule has 1 unspecified atom stereocenters. The molecule has 8 heteroatoms. The summed E-state index contributed by atoms with van der Waals surface area (Å²) in [4.78, 5) is 25.5. The molecular formula is C19H21FN4O3. The highest BCUT2D eigenvalue weighted by molar-refractivity contribution is 5.93. The van der Waals surface area contributed by atoms with Crippen LogP contribution in [0.2, 0.25) is 0 Å². The number of rotatable bonds is 4. The van der Waals surface area contributed by atoms with Crippen LogP contribution in [-0.4, -0.2) is 36.5 Å². The normalized spacial score (nSPS) is 16.7. The number of hydrazine groups is 1. The van der Waals surface area contributed by atoms with E-state index in [1.165, 1.54) is 6.07 Å². The molecule has 0 aliphatic carbocycles. The zero-order valence-electron chi connectivity index (χ0n) is 14.7. The van der Waals surface area contributed by atoms with Gasteiger partial charge in [-0.1, -0.05) is 30.3 Å². The zero-order chi connectivity index (χ0) is 19.2. The average molecular weight is 372 g/mol. The van der Waals surface area contributed by atoms with E-state index in [9.17, 15) is 14.0 Å². The lowest BCUT2D eigenvalue weighted by molar-refractivity contribution is -0.0171. The molecule has 0 spiro atoms. The predicted octanol–water partition coefficient (Wildman–Crippen LogP) is 1.71. The van der Waals surface area contributed by atoms with Gasteiger partial charge in [-0.25, -0.2) is 15.0 Å². The van der Waals surface area contributed by atoms with Crippen LogP contribution < -0.4 is 16.6 Å². The molecule has 0 bridgehead atoms. The number of nitrogen functional groups attached to an aromatic ring is 1. The van der Waals surface area contributed by atoms with E-state index in [0.717, 1.165) is 5.56 Å². The van der Waals surface area contributed by atoms with Gasteiger partial charge in [0.15, 0.2) is 0 Å². The Kier molecular flexibility index (Phi) is 6.00. The number of ether oxygens (including phenoxy) is 1. The van der Waals surface area contributed by atoms with Crippen molar-refractivity contribution < 1.29 is 18.7 Å². The highest BCUT2D eigenvalue weighted by Crippen LogP contribution is 2.24. The van der Waals surface area contributed by atoms with Gasteiger partial charge in [0.05, 0.1) is 13.2 Å². The second kappa shape index (κ2) is 8.61. The molecule has 1 atom stereocenters. The van der Waals surface area contributed by atoms with Crippen LogP contribution in [0.15, 0.2) is 48.5 Å². The lowest BCUT2D eigenvalue weighted by Crippen LogP contribution is -2.47. The molecule has 4 N–H and O–H groups in total. The number of amides is 3. The molecule has 0 saturated carbocycles. The number of nitrogens with one attached hydrogen (secondary N) is 2. The number of nitrogens with two attached hydrogens (primary N) is 1. The van der Waals surface area contributed by atoms with Gasteiger partial charge < -0.3 is 15.0 Å². The number of urea groups is 1. The zero-order valence-corrected chi connectivity index (χ0v) is 14.7. The number of carbonyl (C=O) groups is 2. The minimum absolute atomic E-state index is 0.247. The number of halogens is 1. The van der Waals surface area contributed by atoms with Crippen LogP contribution in [-0.2, 0) is 11.3 Å². The average Bonchev–Trinajstić information content (AvgIpc) is 2.72. The number of morpholine rings is 1. The second-order valence-electron chi connectivity index (χ2n) is 6.16. The van der Waals surface area contributed by atoms with Crippen molar-refractivity contribution >= 4 is 11.9 Å². The Labute approximate surface area is 156 Å². The third-order valence-corrected chi connectivity index (χ3v) is 4.40. The molecule has 1 heterocycles. The minimum Gasteiger partial charge on any atom is -0.370 e. The maximum atomic E-state index is 14.0. The summed E-state index contributed by atoms with van der Waals surface area (Å²) in [7, 11) is 0. The fraction of sp³-hybridized carbons (Fsp3) is 0.263. The lowest BCUT2D eigenvalue weighted by atomic mass is 10.1. The number of nitrogens with zero attached hydrogens (tertiary/aromatic N) is 1. The van der Waals surface area contributed by atoms with Gasteiger partial charge in [0.2, 0.25) is 0 Å². The molecule has 1 aliphatic heterocycles. The first-order valence-electron chi connectivity index (χ1n) is 8.57. The summed E-state index contributed by atoms with van der Waals surface area (Å²) in [5.41, 5.74) is 3.79. The van der Waals surface area contributed by atoms with Gasteiger partial charge in [0.1, 0.15) is 11.9 Å². The van der Waals surface area contributed by atoms with Crippen LogP contribution in [0.4, 0.5) is 9.18 Å². The maximum absolute atomic E-state index is 14.0. The molecule has 3 rings (SSSR count). The summed E-state index contributed by atoms with van der Waals surface area (Å²) >= 11 is 0. The molecule has 1 aliphatic rings. The van der Waals surface area contributed by atoms with E-state index in [1.54, 1.807) is 47.4 Å². The number of hydrogen-bond acceptors (Lipinski definition) is 4. The quantitative estimate of drug-likeness (QED) is 0.432. The summed E-state index contributed by atoms with van der Waals surface area (Å²) in [5, 5.41) is 2.83. The number of carbonyl (C=O) groups excluding carboxylic acids is 2. The van der Waals surface area contributed by atoms with Crippen molar-refractivity contribution in [3.05, 3.63) is 71.0 Å². The van der Waals surface area contributed by atoms with Crippen LogP contribution >= 0.6 is 0 Å². The maximum Gasteiger partial charge on any atom is 0.317 e. The molecule has 27 heavy (non-hydrogen) atoms. The second-order valence-corrected chi connectivity index (χ2v) is 6.16. The first kappa shape index (κ1) is 18.8. The van der Waals surface area contributed by atoms with Crippen molar-refractivity contribution in [2.24, 2.45) is 5.84 Å². The Morgan fingerprint density at radius 1 is 1.19 bits per heavy atom. The molecule has 142 valence electrons. The van der Waals surface area contributed by atoms with E-state index in [1.807, 2.05) is 0 Å². The van der Waals surface area contributed by atoms with Gasteiger partial charge in [-0.05, 0) is 23.8 Å². The first-order chi connectivity index (χ1) is 13.1. The van der Waals surface area contributed by atoms with E-state index >= 15 is 0 Å². The highest BCUT2D eigenvalue weighted by Gasteiger charge is 2.26. The molecule has 2 aromatic carbocycles. The summed E-state index contributed by atoms with van der Waals surface area (Å²) in [6, 6.07) is 12.9. The smallest absolute Gasteiger partial charge is 0.317 e. The summed E-state index contributed by atoms with van der Waals surface area (Å²) < 4.78 is 19.6. The molecule has 2 aromatic rings. The summed E-state index contributed by atoms with van der Waals surface area (Å²) in [6.07, 6.45) is -0.486. The van der Waals surface area contributed by atoms with Crippen LogP contribution in [0.3, 0.4) is 0 Å². The topological polar surface area (TPSA) is 96.7 Å². The molecule has 1 saturated heterocycles. The monoisotopic (exact) mass is 372 g/mol. The van der Waals surface area contributed by atoms with E-state index in [0.29, 0.717) is 30.8 Å². The molecular weight excluding hydrogens is 351 g/mol. The Morgan fingerprint density at radius 2 is 1.93 bits per heavy atom. The third-order valence-electron chi connectivity index (χ3n) is 4.40. The molecule has 0 aromatic heterocycles. The van der Waals surface area contributed by atoms with Gasteiger partial charge in [0.25, 0.3) is 5.91 Å². The van der Waals surface area contributed by atoms with Gasteiger partial charge in [0, 0.05) is 24.2 Å². The third kappa shape index (κ3) is 4.60. The Bertz CT molecular complexity index is 813. The van der Waals surface area contributed by atoms with E-state index in [2.05, 4.69) is 10.7 Å². The van der Waals surface area contributed by atoms with Crippen molar-refractivity contribution in [2.45, 2.75) is 12.6 Å².